The second-order valence-corrected chi connectivity index (χ2v) is 7.25. The Hall–Kier alpha value is -2.76. The van der Waals surface area contributed by atoms with Crippen LogP contribution >= 0.6 is 11.3 Å². The standard InChI is InChI=1S/C22H20N2O2S/c25-19(17-7-3-1-4-8-17)11-12-20-21(18-9-5-2-6-10-18)23-22(27-20)24-13-15-26-16-14-24/h1-12H,13-16H2. The van der Waals surface area contributed by atoms with Gasteiger partial charge in [-0.2, -0.15) is 0 Å². The number of benzene rings is 2. The maximum absolute atomic E-state index is 12.4. The molecule has 1 aliphatic rings. The second-order valence-electron chi connectivity index (χ2n) is 6.24. The molecule has 0 atom stereocenters. The Morgan fingerprint density at radius 1 is 1.00 bits per heavy atom. The molecule has 0 amide bonds. The number of ketones is 1. The number of rotatable bonds is 5. The number of allylic oxidation sites excluding steroid dienone is 1. The molecule has 27 heavy (non-hydrogen) atoms. The molecule has 136 valence electrons. The van der Waals surface area contributed by atoms with Crippen molar-refractivity contribution in [3.63, 3.8) is 0 Å². The zero-order valence-electron chi connectivity index (χ0n) is 14.9. The van der Waals surface area contributed by atoms with Gasteiger partial charge in [0.25, 0.3) is 0 Å². The van der Waals surface area contributed by atoms with Crippen molar-refractivity contribution < 1.29 is 9.53 Å². The number of ether oxygens (including phenoxy) is 1. The lowest BCUT2D eigenvalue weighted by Gasteiger charge is -2.26. The maximum Gasteiger partial charge on any atom is 0.186 e. The Morgan fingerprint density at radius 3 is 2.37 bits per heavy atom. The van der Waals surface area contributed by atoms with E-state index in [0.717, 1.165) is 47.6 Å². The van der Waals surface area contributed by atoms with Gasteiger partial charge in [0.05, 0.1) is 23.8 Å². The van der Waals surface area contributed by atoms with Crippen LogP contribution in [-0.4, -0.2) is 37.1 Å². The zero-order chi connectivity index (χ0) is 18.5. The van der Waals surface area contributed by atoms with Crippen LogP contribution in [0.5, 0.6) is 0 Å². The van der Waals surface area contributed by atoms with Crippen molar-refractivity contribution >= 4 is 28.3 Å². The summed E-state index contributed by atoms with van der Waals surface area (Å²) in [6.45, 7) is 3.12. The van der Waals surface area contributed by atoms with E-state index in [9.17, 15) is 4.79 Å². The van der Waals surface area contributed by atoms with Gasteiger partial charge in [0, 0.05) is 24.2 Å². The minimum absolute atomic E-state index is 0.00376. The average Bonchev–Trinajstić information content (AvgIpc) is 3.18. The van der Waals surface area contributed by atoms with E-state index in [-0.39, 0.29) is 5.78 Å². The maximum atomic E-state index is 12.4. The Bertz CT molecular complexity index is 929. The quantitative estimate of drug-likeness (QED) is 0.484. The molecule has 0 unspecified atom stereocenters. The highest BCUT2D eigenvalue weighted by Crippen LogP contribution is 2.34. The summed E-state index contributed by atoms with van der Waals surface area (Å²) in [5, 5.41) is 0.976. The van der Waals surface area contributed by atoms with Crippen molar-refractivity contribution in [1.29, 1.82) is 0 Å². The summed E-state index contributed by atoms with van der Waals surface area (Å²) in [6, 6.07) is 19.4. The highest BCUT2D eigenvalue weighted by atomic mass is 32.1. The number of anilines is 1. The first kappa shape index (κ1) is 17.6. The number of thiazole rings is 1. The fourth-order valence-corrected chi connectivity index (χ4v) is 4.02. The highest BCUT2D eigenvalue weighted by Gasteiger charge is 2.18. The monoisotopic (exact) mass is 376 g/mol. The SMILES string of the molecule is O=C(C=Cc1sc(N2CCOCC2)nc1-c1ccccc1)c1ccccc1. The van der Waals surface area contributed by atoms with Gasteiger partial charge in [-0.25, -0.2) is 4.98 Å². The minimum atomic E-state index is -0.00376. The molecular formula is C22H20N2O2S. The molecule has 0 saturated carbocycles. The topological polar surface area (TPSA) is 42.4 Å². The Morgan fingerprint density at radius 2 is 1.67 bits per heavy atom. The molecule has 1 fully saturated rings. The van der Waals surface area contributed by atoms with E-state index in [0.29, 0.717) is 5.56 Å². The van der Waals surface area contributed by atoms with E-state index in [1.165, 1.54) is 0 Å². The Kier molecular flexibility index (Phi) is 5.42. The van der Waals surface area contributed by atoms with Crippen LogP contribution in [0.4, 0.5) is 5.13 Å². The van der Waals surface area contributed by atoms with Crippen molar-refractivity contribution in [2.45, 2.75) is 0 Å². The molecule has 2 aromatic carbocycles. The van der Waals surface area contributed by atoms with Gasteiger partial charge in [-0.3, -0.25) is 4.79 Å². The molecule has 1 aromatic heterocycles. The number of aromatic nitrogens is 1. The number of nitrogens with zero attached hydrogens (tertiary/aromatic N) is 2. The normalized spacial score (nSPS) is 14.6. The van der Waals surface area contributed by atoms with E-state index in [4.69, 9.17) is 9.72 Å². The van der Waals surface area contributed by atoms with Crippen LogP contribution in [0.25, 0.3) is 17.3 Å². The number of carbonyl (C=O) groups excluding carboxylic acids is 1. The predicted octanol–water partition coefficient (Wildman–Crippen LogP) is 4.54. The van der Waals surface area contributed by atoms with E-state index in [1.54, 1.807) is 17.4 Å². The van der Waals surface area contributed by atoms with Crippen LogP contribution in [0.1, 0.15) is 15.2 Å². The van der Waals surface area contributed by atoms with Crippen LogP contribution in [0.3, 0.4) is 0 Å². The summed E-state index contributed by atoms with van der Waals surface area (Å²) >= 11 is 1.62. The summed E-state index contributed by atoms with van der Waals surface area (Å²) < 4.78 is 5.45. The molecule has 4 rings (SSSR count). The summed E-state index contributed by atoms with van der Waals surface area (Å²) in [5.74, 6) is -0.00376. The van der Waals surface area contributed by atoms with Crippen LogP contribution < -0.4 is 4.90 Å². The first-order chi connectivity index (χ1) is 13.3. The molecule has 0 radical (unpaired) electrons. The summed E-state index contributed by atoms with van der Waals surface area (Å²) in [5.41, 5.74) is 2.66. The lowest BCUT2D eigenvalue weighted by molar-refractivity contribution is 0.104. The lowest BCUT2D eigenvalue weighted by Crippen LogP contribution is -2.36. The van der Waals surface area contributed by atoms with Gasteiger partial charge in [0.1, 0.15) is 0 Å². The van der Waals surface area contributed by atoms with Crippen LogP contribution in [0, 0.1) is 0 Å². The minimum Gasteiger partial charge on any atom is -0.378 e. The van der Waals surface area contributed by atoms with Gasteiger partial charge in [0.2, 0.25) is 0 Å². The van der Waals surface area contributed by atoms with Crippen LogP contribution in [0.2, 0.25) is 0 Å². The van der Waals surface area contributed by atoms with E-state index in [2.05, 4.69) is 17.0 Å². The molecule has 5 heteroatoms. The molecule has 3 aromatic rings. The van der Waals surface area contributed by atoms with Crippen LogP contribution in [0.15, 0.2) is 66.7 Å². The molecule has 1 saturated heterocycles. The van der Waals surface area contributed by atoms with E-state index < -0.39 is 0 Å². The van der Waals surface area contributed by atoms with Crippen molar-refractivity contribution in [3.8, 4) is 11.3 Å². The lowest BCUT2D eigenvalue weighted by atomic mass is 10.1. The summed E-state index contributed by atoms with van der Waals surface area (Å²) in [7, 11) is 0. The van der Waals surface area contributed by atoms with Gasteiger partial charge in [-0.1, -0.05) is 72.0 Å². The van der Waals surface area contributed by atoms with Crippen molar-refractivity contribution in [2.75, 3.05) is 31.2 Å². The van der Waals surface area contributed by atoms with Crippen LogP contribution in [-0.2, 0) is 4.74 Å². The molecule has 1 aliphatic heterocycles. The zero-order valence-corrected chi connectivity index (χ0v) is 15.7. The second kappa shape index (κ2) is 8.29. The smallest absolute Gasteiger partial charge is 0.186 e. The summed E-state index contributed by atoms with van der Waals surface area (Å²) in [4.78, 5) is 20.6. The molecule has 4 nitrogen and oxygen atoms in total. The van der Waals surface area contributed by atoms with E-state index in [1.807, 2.05) is 54.6 Å². The fraction of sp³-hybridized carbons (Fsp3) is 0.182. The van der Waals surface area contributed by atoms with Gasteiger partial charge >= 0.3 is 0 Å². The molecule has 2 heterocycles. The van der Waals surface area contributed by atoms with Gasteiger partial charge < -0.3 is 9.64 Å². The molecule has 0 N–H and O–H groups in total. The number of hydrogen-bond acceptors (Lipinski definition) is 5. The molecule has 0 aliphatic carbocycles. The number of morpholine rings is 1. The third-order valence-corrected chi connectivity index (χ3v) is 5.50. The van der Waals surface area contributed by atoms with Gasteiger partial charge in [-0.15, -0.1) is 0 Å². The summed E-state index contributed by atoms with van der Waals surface area (Å²) in [6.07, 6.45) is 3.53. The highest BCUT2D eigenvalue weighted by molar-refractivity contribution is 7.17. The number of carbonyl (C=O) groups is 1. The molecule has 0 spiro atoms. The number of hydrogen-bond donors (Lipinski definition) is 0. The average molecular weight is 376 g/mol. The largest absolute Gasteiger partial charge is 0.378 e. The first-order valence-corrected chi connectivity index (χ1v) is 9.79. The van der Waals surface area contributed by atoms with Gasteiger partial charge in [0.15, 0.2) is 10.9 Å². The van der Waals surface area contributed by atoms with Crippen molar-refractivity contribution in [3.05, 3.63) is 77.2 Å². The molecular weight excluding hydrogens is 356 g/mol. The predicted molar refractivity (Wildman–Crippen MR) is 110 cm³/mol. The molecule has 0 bridgehead atoms. The third kappa shape index (κ3) is 4.15. The first-order valence-electron chi connectivity index (χ1n) is 8.98. The fourth-order valence-electron chi connectivity index (χ4n) is 2.98. The van der Waals surface area contributed by atoms with Crippen molar-refractivity contribution in [2.24, 2.45) is 0 Å². The van der Waals surface area contributed by atoms with Crippen molar-refractivity contribution in [1.82, 2.24) is 4.98 Å². The van der Waals surface area contributed by atoms with Gasteiger partial charge in [-0.05, 0) is 12.2 Å². The third-order valence-electron chi connectivity index (χ3n) is 4.42. The van der Waals surface area contributed by atoms with E-state index >= 15 is 0 Å². The Balaban J connectivity index is 1.66. The Labute approximate surface area is 162 Å².